The Hall–Kier alpha value is -1.20. The summed E-state index contributed by atoms with van der Waals surface area (Å²) in [6.07, 6.45) is 2.29. The molecule has 1 aromatic carbocycles. The van der Waals surface area contributed by atoms with E-state index < -0.39 is 0 Å². The van der Waals surface area contributed by atoms with E-state index in [1.54, 1.807) is 18.9 Å². The van der Waals surface area contributed by atoms with E-state index in [2.05, 4.69) is 5.32 Å². The second-order valence-corrected chi connectivity index (χ2v) is 5.54. The average molecular weight is 281 g/mol. The Morgan fingerprint density at radius 3 is 2.79 bits per heavy atom. The van der Waals surface area contributed by atoms with Crippen LogP contribution >= 0.6 is 11.8 Å². The molecule has 1 unspecified atom stereocenters. The van der Waals surface area contributed by atoms with E-state index in [9.17, 15) is 4.79 Å². The van der Waals surface area contributed by atoms with Gasteiger partial charge in [0.05, 0.1) is 14.2 Å². The minimum Gasteiger partial charge on any atom is -0.496 e. The minimum atomic E-state index is -0.257. The van der Waals surface area contributed by atoms with E-state index in [1.165, 1.54) is 7.11 Å². The molecular formula is C14H19NO3S. The van der Waals surface area contributed by atoms with Crippen molar-refractivity contribution in [1.29, 1.82) is 0 Å². The zero-order chi connectivity index (χ0) is 13.7. The normalized spacial score (nSPS) is 15.9. The highest BCUT2D eigenvalue weighted by molar-refractivity contribution is 7.99. The van der Waals surface area contributed by atoms with E-state index in [-0.39, 0.29) is 12.0 Å². The molecule has 0 heterocycles. The molecule has 2 rings (SSSR count). The van der Waals surface area contributed by atoms with Crippen molar-refractivity contribution in [3.05, 3.63) is 24.3 Å². The molecule has 0 radical (unpaired) electrons. The van der Waals surface area contributed by atoms with Crippen LogP contribution in [0.25, 0.3) is 0 Å². The molecule has 0 aliphatic heterocycles. The highest BCUT2D eigenvalue weighted by atomic mass is 32.2. The quantitative estimate of drug-likeness (QED) is 0.612. The molecule has 19 heavy (non-hydrogen) atoms. The molecule has 1 fully saturated rings. The summed E-state index contributed by atoms with van der Waals surface area (Å²) in [4.78, 5) is 12.8. The largest absolute Gasteiger partial charge is 0.496 e. The fraction of sp³-hybridized carbons (Fsp3) is 0.500. The van der Waals surface area contributed by atoms with Crippen molar-refractivity contribution >= 4 is 17.7 Å². The summed E-state index contributed by atoms with van der Waals surface area (Å²) in [6.45, 7) is 0. The van der Waals surface area contributed by atoms with Crippen LogP contribution in [0.2, 0.25) is 0 Å². The molecule has 0 spiro atoms. The molecule has 1 N–H and O–H groups in total. The number of thioether (sulfide) groups is 1. The number of carbonyl (C=O) groups is 1. The van der Waals surface area contributed by atoms with Crippen molar-refractivity contribution in [2.45, 2.75) is 29.8 Å². The lowest BCUT2D eigenvalue weighted by Gasteiger charge is -2.16. The van der Waals surface area contributed by atoms with E-state index >= 15 is 0 Å². The van der Waals surface area contributed by atoms with Crippen LogP contribution in [0.1, 0.15) is 12.8 Å². The number of hydrogen-bond donors (Lipinski definition) is 1. The van der Waals surface area contributed by atoms with Gasteiger partial charge in [-0.2, -0.15) is 0 Å². The van der Waals surface area contributed by atoms with E-state index in [1.807, 2.05) is 24.3 Å². The minimum absolute atomic E-state index is 0.200. The third-order valence-corrected chi connectivity index (χ3v) is 4.12. The fourth-order valence-corrected chi connectivity index (χ4v) is 2.82. The summed E-state index contributed by atoms with van der Waals surface area (Å²) < 4.78 is 10.1. The monoisotopic (exact) mass is 281 g/mol. The van der Waals surface area contributed by atoms with Crippen molar-refractivity contribution in [1.82, 2.24) is 5.32 Å². The van der Waals surface area contributed by atoms with Crippen LogP contribution in [0.5, 0.6) is 5.75 Å². The maximum Gasteiger partial charge on any atom is 0.323 e. The average Bonchev–Trinajstić information content (AvgIpc) is 3.26. The van der Waals surface area contributed by atoms with Gasteiger partial charge in [-0.05, 0) is 25.0 Å². The zero-order valence-electron chi connectivity index (χ0n) is 11.2. The first-order chi connectivity index (χ1) is 9.24. The van der Waals surface area contributed by atoms with E-state index in [4.69, 9.17) is 9.47 Å². The van der Waals surface area contributed by atoms with Gasteiger partial charge in [0.15, 0.2) is 0 Å². The molecule has 1 aromatic rings. The summed E-state index contributed by atoms with van der Waals surface area (Å²) in [6, 6.07) is 8.03. The molecule has 4 nitrogen and oxygen atoms in total. The molecular weight excluding hydrogens is 262 g/mol. The number of benzene rings is 1. The van der Waals surface area contributed by atoms with Gasteiger partial charge in [0, 0.05) is 16.7 Å². The molecule has 104 valence electrons. The number of hydrogen-bond acceptors (Lipinski definition) is 5. The van der Waals surface area contributed by atoms with Gasteiger partial charge in [-0.3, -0.25) is 4.79 Å². The number of rotatable bonds is 7. The van der Waals surface area contributed by atoms with E-state index in [0.29, 0.717) is 11.8 Å². The first kappa shape index (κ1) is 14.2. The van der Waals surface area contributed by atoms with Gasteiger partial charge < -0.3 is 14.8 Å². The van der Waals surface area contributed by atoms with Crippen LogP contribution in [0.3, 0.4) is 0 Å². The Bertz CT molecular complexity index is 434. The number of para-hydroxylation sites is 1. The topological polar surface area (TPSA) is 47.6 Å². The SMILES string of the molecule is COC(=O)C(CSc1ccccc1OC)NC1CC1. The molecule has 0 saturated heterocycles. The van der Waals surface area contributed by atoms with Crippen LogP contribution < -0.4 is 10.1 Å². The van der Waals surface area contributed by atoms with Crippen LogP contribution in [0.15, 0.2) is 29.2 Å². The van der Waals surface area contributed by atoms with Crippen LogP contribution in [-0.4, -0.2) is 38.0 Å². The lowest BCUT2D eigenvalue weighted by Crippen LogP contribution is -2.40. The summed E-state index contributed by atoms with van der Waals surface area (Å²) in [5, 5.41) is 3.31. The van der Waals surface area contributed by atoms with Gasteiger partial charge in [0.1, 0.15) is 11.8 Å². The Morgan fingerprint density at radius 1 is 1.42 bits per heavy atom. The first-order valence-corrected chi connectivity index (χ1v) is 7.33. The van der Waals surface area contributed by atoms with Crippen LogP contribution in [0.4, 0.5) is 0 Å². The van der Waals surface area contributed by atoms with Gasteiger partial charge in [0.25, 0.3) is 0 Å². The predicted molar refractivity (Wildman–Crippen MR) is 75.7 cm³/mol. The second kappa shape index (κ2) is 6.82. The molecule has 0 bridgehead atoms. The lowest BCUT2D eigenvalue weighted by atomic mass is 10.3. The predicted octanol–water partition coefficient (Wildman–Crippen LogP) is 2.08. The molecule has 0 amide bonds. The zero-order valence-corrected chi connectivity index (χ0v) is 12.0. The van der Waals surface area contributed by atoms with Gasteiger partial charge >= 0.3 is 5.97 Å². The third-order valence-electron chi connectivity index (χ3n) is 2.97. The summed E-state index contributed by atoms with van der Waals surface area (Å²) in [7, 11) is 3.08. The van der Waals surface area contributed by atoms with Crippen molar-refractivity contribution in [3.8, 4) is 5.75 Å². The Labute approximate surface area is 117 Å². The molecule has 1 aliphatic rings. The lowest BCUT2D eigenvalue weighted by molar-refractivity contribution is -0.142. The maximum atomic E-state index is 11.7. The van der Waals surface area contributed by atoms with Gasteiger partial charge in [-0.25, -0.2) is 0 Å². The summed E-state index contributed by atoms with van der Waals surface area (Å²) >= 11 is 1.60. The molecule has 5 heteroatoms. The van der Waals surface area contributed by atoms with E-state index in [0.717, 1.165) is 23.5 Å². The van der Waals surface area contributed by atoms with Gasteiger partial charge in [0.2, 0.25) is 0 Å². The number of ether oxygens (including phenoxy) is 2. The maximum absolute atomic E-state index is 11.7. The van der Waals surface area contributed by atoms with Crippen molar-refractivity contribution < 1.29 is 14.3 Å². The van der Waals surface area contributed by atoms with Gasteiger partial charge in [-0.15, -0.1) is 11.8 Å². The van der Waals surface area contributed by atoms with Crippen LogP contribution in [-0.2, 0) is 9.53 Å². The summed E-state index contributed by atoms with van der Waals surface area (Å²) in [5.74, 6) is 1.28. The number of esters is 1. The molecule has 0 aromatic heterocycles. The Balaban J connectivity index is 1.95. The van der Waals surface area contributed by atoms with Crippen molar-refractivity contribution in [2.24, 2.45) is 0 Å². The third kappa shape index (κ3) is 4.14. The smallest absolute Gasteiger partial charge is 0.323 e. The number of carbonyl (C=O) groups excluding carboxylic acids is 1. The summed E-state index contributed by atoms with van der Waals surface area (Å²) in [5.41, 5.74) is 0. The number of methoxy groups -OCH3 is 2. The Morgan fingerprint density at radius 2 is 2.16 bits per heavy atom. The number of nitrogens with one attached hydrogen (secondary N) is 1. The fourth-order valence-electron chi connectivity index (χ4n) is 1.77. The van der Waals surface area contributed by atoms with Crippen LogP contribution in [0, 0.1) is 0 Å². The first-order valence-electron chi connectivity index (χ1n) is 6.34. The van der Waals surface area contributed by atoms with Crippen molar-refractivity contribution in [3.63, 3.8) is 0 Å². The standard InChI is InChI=1S/C14H19NO3S/c1-17-12-5-3-4-6-13(12)19-9-11(14(16)18-2)15-10-7-8-10/h3-6,10-11,15H,7-9H2,1-2H3. The van der Waals surface area contributed by atoms with Crippen molar-refractivity contribution in [2.75, 3.05) is 20.0 Å². The van der Waals surface area contributed by atoms with Gasteiger partial charge in [-0.1, -0.05) is 12.1 Å². The highest BCUT2D eigenvalue weighted by Gasteiger charge is 2.29. The highest BCUT2D eigenvalue weighted by Crippen LogP contribution is 2.30. The molecule has 1 saturated carbocycles. The molecule has 1 atom stereocenters. The second-order valence-electron chi connectivity index (χ2n) is 4.48. The molecule has 1 aliphatic carbocycles. The Kier molecular flexibility index (Phi) is 5.10.